The quantitative estimate of drug-likeness (QED) is 0.671. The van der Waals surface area contributed by atoms with Crippen LogP contribution in [0, 0.1) is 6.92 Å². The van der Waals surface area contributed by atoms with Gasteiger partial charge >= 0.3 is 0 Å². The van der Waals surface area contributed by atoms with E-state index < -0.39 is 0 Å². The second-order valence-corrected chi connectivity index (χ2v) is 5.51. The number of fused-ring (bicyclic) bond motifs is 2. The first-order valence-corrected chi connectivity index (χ1v) is 7.28. The van der Waals surface area contributed by atoms with Crippen molar-refractivity contribution in [1.29, 1.82) is 0 Å². The molecule has 3 heteroatoms. The van der Waals surface area contributed by atoms with Gasteiger partial charge in [-0.3, -0.25) is 4.79 Å². The van der Waals surface area contributed by atoms with E-state index >= 15 is 0 Å². The lowest BCUT2D eigenvalue weighted by atomic mass is 9.93. The van der Waals surface area contributed by atoms with Gasteiger partial charge in [-0.15, -0.1) is 0 Å². The van der Waals surface area contributed by atoms with E-state index in [1.165, 1.54) is 0 Å². The molecule has 0 saturated heterocycles. The molecule has 1 aromatic heterocycles. The van der Waals surface area contributed by atoms with E-state index in [-0.39, 0.29) is 5.78 Å². The van der Waals surface area contributed by atoms with E-state index in [4.69, 9.17) is 0 Å². The molecule has 22 heavy (non-hydrogen) atoms. The summed E-state index contributed by atoms with van der Waals surface area (Å²) in [5, 5.41) is 2.27. The summed E-state index contributed by atoms with van der Waals surface area (Å²) in [5.74, 6) is 0.637. The Kier molecular flexibility index (Phi) is 2.86. The van der Waals surface area contributed by atoms with E-state index in [0.717, 1.165) is 27.6 Å². The van der Waals surface area contributed by atoms with Gasteiger partial charge in [-0.1, -0.05) is 42.5 Å². The second-order valence-electron chi connectivity index (χ2n) is 5.51. The van der Waals surface area contributed by atoms with Gasteiger partial charge in [0.1, 0.15) is 0 Å². The van der Waals surface area contributed by atoms with Gasteiger partial charge in [0.15, 0.2) is 11.6 Å². The highest BCUT2D eigenvalue weighted by molar-refractivity contribution is 6.24. The minimum atomic E-state index is 0.0959. The predicted octanol–water partition coefficient (Wildman–Crippen LogP) is 4.25. The van der Waals surface area contributed by atoms with Crippen molar-refractivity contribution in [3.05, 3.63) is 71.4 Å². The number of hydrogen-bond donors (Lipinski definition) is 0. The van der Waals surface area contributed by atoms with Crippen molar-refractivity contribution in [3.8, 4) is 0 Å². The number of benzene rings is 2. The highest BCUT2D eigenvalue weighted by Gasteiger charge is 2.24. The molecule has 0 atom stereocenters. The largest absolute Gasteiger partial charge is 0.294 e. The number of pyridine rings is 1. The molecule has 2 heterocycles. The van der Waals surface area contributed by atoms with Gasteiger partial charge in [-0.2, -0.15) is 0 Å². The Morgan fingerprint density at radius 3 is 2.73 bits per heavy atom. The van der Waals surface area contributed by atoms with E-state index in [2.05, 4.69) is 28.2 Å². The van der Waals surface area contributed by atoms with Gasteiger partial charge in [-0.05, 0) is 29.3 Å². The molecule has 4 rings (SSSR count). The third-order valence-electron chi connectivity index (χ3n) is 4.09. The van der Waals surface area contributed by atoms with Crippen molar-refractivity contribution in [3.63, 3.8) is 0 Å². The molecular weight excluding hydrogens is 272 g/mol. The lowest BCUT2D eigenvalue weighted by molar-refractivity contribution is 0.0999. The van der Waals surface area contributed by atoms with Crippen molar-refractivity contribution in [2.75, 3.05) is 0 Å². The maximum Gasteiger partial charge on any atom is 0.172 e. The first-order chi connectivity index (χ1) is 10.7. The molecule has 3 nitrogen and oxygen atoms in total. The van der Waals surface area contributed by atoms with Crippen molar-refractivity contribution >= 4 is 28.1 Å². The zero-order chi connectivity index (χ0) is 15.1. The summed E-state index contributed by atoms with van der Waals surface area (Å²) in [7, 11) is 0. The lowest BCUT2D eigenvalue weighted by Gasteiger charge is -2.16. The number of rotatable bonds is 1. The topological polar surface area (TPSA) is 42.3 Å². The number of Topliss-reactive ketones (excluding diaryl/α,β-unsaturated/α-hetero) is 1. The molecule has 1 aliphatic heterocycles. The first-order valence-electron chi connectivity index (χ1n) is 7.28. The maximum absolute atomic E-state index is 12.5. The number of aromatic nitrogens is 1. The zero-order valence-corrected chi connectivity index (χ0v) is 12.2. The monoisotopic (exact) mass is 286 g/mol. The van der Waals surface area contributed by atoms with Crippen LogP contribution < -0.4 is 0 Å². The van der Waals surface area contributed by atoms with Crippen molar-refractivity contribution in [1.82, 2.24) is 4.98 Å². The SMILES string of the molecule is Cc1ccnc2c1C(=O)CC(c1cccc3ccccc13)=N2. The average Bonchev–Trinajstić information content (AvgIpc) is 2.54. The summed E-state index contributed by atoms with van der Waals surface area (Å²) in [4.78, 5) is 21.4. The number of carbonyl (C=O) groups is 1. The second kappa shape index (κ2) is 4.88. The predicted molar refractivity (Wildman–Crippen MR) is 88.1 cm³/mol. The number of aryl methyl sites for hydroxylation is 1. The Bertz CT molecular complexity index is 936. The summed E-state index contributed by atoms with van der Waals surface area (Å²) in [5.41, 5.74) is 3.41. The highest BCUT2D eigenvalue weighted by Crippen LogP contribution is 2.30. The van der Waals surface area contributed by atoms with Crippen molar-refractivity contribution in [2.45, 2.75) is 13.3 Å². The molecular formula is C19H14N2O. The van der Waals surface area contributed by atoms with Gasteiger partial charge in [0.25, 0.3) is 0 Å². The summed E-state index contributed by atoms with van der Waals surface area (Å²) in [6.07, 6.45) is 2.03. The summed E-state index contributed by atoms with van der Waals surface area (Å²) in [6, 6.07) is 16.1. The fraction of sp³-hybridized carbons (Fsp3) is 0.105. The number of carbonyl (C=O) groups excluding carboxylic acids is 1. The first kappa shape index (κ1) is 12.9. The summed E-state index contributed by atoms with van der Waals surface area (Å²) < 4.78 is 0. The van der Waals surface area contributed by atoms with Crippen molar-refractivity contribution in [2.24, 2.45) is 4.99 Å². The molecule has 0 N–H and O–H groups in total. The van der Waals surface area contributed by atoms with Crippen LogP contribution in [0.2, 0.25) is 0 Å². The molecule has 3 aromatic rings. The van der Waals surface area contributed by atoms with Gasteiger partial charge in [0, 0.05) is 11.8 Å². The minimum absolute atomic E-state index is 0.0959. The van der Waals surface area contributed by atoms with Crippen LogP contribution in [0.1, 0.15) is 27.9 Å². The van der Waals surface area contributed by atoms with Crippen LogP contribution in [0.5, 0.6) is 0 Å². The van der Waals surface area contributed by atoms with Crippen LogP contribution >= 0.6 is 0 Å². The standard InChI is InChI=1S/C19H14N2O/c1-12-9-10-20-19-18(12)17(22)11-16(21-19)15-8-4-6-13-5-2-3-7-14(13)15/h2-10H,11H2,1H3. The molecule has 0 radical (unpaired) electrons. The smallest absolute Gasteiger partial charge is 0.172 e. The molecule has 0 spiro atoms. The molecule has 0 saturated carbocycles. The number of nitrogens with zero attached hydrogens (tertiary/aromatic N) is 2. The lowest BCUT2D eigenvalue weighted by Crippen LogP contribution is -2.16. The van der Waals surface area contributed by atoms with Crippen LogP contribution in [0.4, 0.5) is 5.82 Å². The number of ketones is 1. The van der Waals surface area contributed by atoms with Gasteiger partial charge < -0.3 is 0 Å². The number of aliphatic imine (C=N–C) groups is 1. The van der Waals surface area contributed by atoms with E-state index in [1.54, 1.807) is 6.20 Å². The average molecular weight is 286 g/mol. The van der Waals surface area contributed by atoms with Gasteiger partial charge in [0.05, 0.1) is 17.7 Å². The molecule has 0 bridgehead atoms. The van der Waals surface area contributed by atoms with E-state index in [0.29, 0.717) is 17.8 Å². The third kappa shape index (κ3) is 1.94. The number of hydrogen-bond acceptors (Lipinski definition) is 3. The molecule has 106 valence electrons. The Morgan fingerprint density at radius 2 is 1.82 bits per heavy atom. The van der Waals surface area contributed by atoms with E-state index in [9.17, 15) is 4.79 Å². The van der Waals surface area contributed by atoms with Gasteiger partial charge in [0.2, 0.25) is 0 Å². The van der Waals surface area contributed by atoms with Crippen LogP contribution in [0.15, 0.2) is 59.7 Å². The zero-order valence-electron chi connectivity index (χ0n) is 12.2. The van der Waals surface area contributed by atoms with Crippen molar-refractivity contribution < 1.29 is 4.79 Å². The molecule has 0 fully saturated rings. The van der Waals surface area contributed by atoms with Crippen LogP contribution in [-0.4, -0.2) is 16.5 Å². The molecule has 0 amide bonds. The minimum Gasteiger partial charge on any atom is -0.294 e. The molecule has 1 aliphatic rings. The fourth-order valence-electron chi connectivity index (χ4n) is 3.01. The van der Waals surface area contributed by atoms with Crippen LogP contribution in [0.25, 0.3) is 10.8 Å². The highest BCUT2D eigenvalue weighted by atomic mass is 16.1. The Hall–Kier alpha value is -2.81. The molecule has 0 unspecified atom stereocenters. The molecule has 2 aromatic carbocycles. The maximum atomic E-state index is 12.5. The van der Waals surface area contributed by atoms with Gasteiger partial charge in [-0.25, -0.2) is 9.98 Å². The summed E-state index contributed by atoms with van der Waals surface area (Å²) >= 11 is 0. The van der Waals surface area contributed by atoms with Crippen LogP contribution in [0.3, 0.4) is 0 Å². The molecule has 0 aliphatic carbocycles. The van der Waals surface area contributed by atoms with E-state index in [1.807, 2.05) is 37.3 Å². The van der Waals surface area contributed by atoms with Crippen LogP contribution in [-0.2, 0) is 0 Å². The third-order valence-corrected chi connectivity index (χ3v) is 4.09. The Morgan fingerprint density at radius 1 is 1.00 bits per heavy atom. The fourth-order valence-corrected chi connectivity index (χ4v) is 3.01. The normalized spacial score (nSPS) is 13.9. The summed E-state index contributed by atoms with van der Waals surface area (Å²) in [6.45, 7) is 1.93. The Balaban J connectivity index is 1.95. The Labute approximate surface area is 128 Å².